The van der Waals surface area contributed by atoms with Crippen LogP contribution in [0.5, 0.6) is 11.6 Å². The maximum atomic E-state index is 10.9. The second kappa shape index (κ2) is 4.97. The lowest BCUT2D eigenvalue weighted by Gasteiger charge is -2.04. The van der Waals surface area contributed by atoms with E-state index in [1.807, 2.05) is 36.4 Å². The Kier molecular flexibility index (Phi) is 3.01. The molecule has 0 fully saturated rings. The van der Waals surface area contributed by atoms with Gasteiger partial charge in [-0.15, -0.1) is 0 Å². The largest absolute Gasteiger partial charge is 0.420 e. The molecule has 2 aromatic carbocycles. The summed E-state index contributed by atoms with van der Waals surface area (Å²) in [6.07, 6.45) is 0. The molecule has 0 unspecified atom stereocenters. The normalized spacial score (nSPS) is 10.4. The highest BCUT2D eigenvalue weighted by atomic mass is 16.6. The minimum absolute atomic E-state index is 0.227. The van der Waals surface area contributed by atoms with Gasteiger partial charge in [0, 0.05) is 11.1 Å². The van der Waals surface area contributed by atoms with E-state index < -0.39 is 4.92 Å². The molecule has 0 amide bonds. The summed E-state index contributed by atoms with van der Waals surface area (Å²) in [4.78, 5) is 14.4. The lowest BCUT2D eigenvalue weighted by Crippen LogP contribution is -1.96. The Morgan fingerprint density at radius 3 is 2.45 bits per heavy atom. The van der Waals surface area contributed by atoms with Crippen molar-refractivity contribution >= 4 is 16.6 Å². The van der Waals surface area contributed by atoms with Crippen LogP contribution >= 0.6 is 0 Å². The molecule has 3 aromatic rings. The molecule has 0 aliphatic rings. The van der Waals surface area contributed by atoms with Crippen molar-refractivity contribution < 1.29 is 9.66 Å². The first-order valence-corrected chi connectivity index (χ1v) is 6.01. The Labute approximate surface area is 114 Å². The van der Waals surface area contributed by atoms with Crippen molar-refractivity contribution in [3.8, 4) is 11.6 Å². The van der Waals surface area contributed by atoms with Gasteiger partial charge in [-0.2, -0.15) is 0 Å². The third kappa shape index (κ3) is 2.29. The van der Waals surface area contributed by atoms with Crippen molar-refractivity contribution in [2.24, 2.45) is 0 Å². The van der Waals surface area contributed by atoms with E-state index >= 15 is 0 Å². The molecule has 1 aromatic heterocycles. The van der Waals surface area contributed by atoms with Gasteiger partial charge >= 0.3 is 11.7 Å². The summed E-state index contributed by atoms with van der Waals surface area (Å²) >= 11 is 0. The molecule has 0 N–H and O–H groups in total. The van der Waals surface area contributed by atoms with Crippen molar-refractivity contribution in [3.05, 3.63) is 70.8 Å². The van der Waals surface area contributed by atoms with Crippen LogP contribution in [-0.4, -0.2) is 9.91 Å². The maximum absolute atomic E-state index is 10.9. The van der Waals surface area contributed by atoms with Gasteiger partial charge in [-0.05, 0) is 28.5 Å². The van der Waals surface area contributed by atoms with Gasteiger partial charge in [0.2, 0.25) is 0 Å². The summed E-state index contributed by atoms with van der Waals surface area (Å²) < 4.78 is 5.67. The van der Waals surface area contributed by atoms with E-state index in [0.717, 1.165) is 10.8 Å². The van der Waals surface area contributed by atoms with E-state index in [1.165, 1.54) is 6.07 Å². The van der Waals surface area contributed by atoms with Crippen molar-refractivity contribution in [2.45, 2.75) is 0 Å². The smallest absolute Gasteiger partial charge is 0.368 e. The number of fused-ring (bicyclic) bond motifs is 1. The number of hydrogen-bond donors (Lipinski definition) is 0. The molecule has 5 nitrogen and oxygen atoms in total. The second-order valence-electron chi connectivity index (χ2n) is 4.18. The molecule has 5 heteroatoms. The van der Waals surface area contributed by atoms with Crippen LogP contribution in [0.4, 0.5) is 5.82 Å². The quantitative estimate of drug-likeness (QED) is 0.532. The molecule has 0 atom stereocenters. The maximum Gasteiger partial charge on any atom is 0.368 e. The Morgan fingerprint density at radius 2 is 1.70 bits per heavy atom. The van der Waals surface area contributed by atoms with Gasteiger partial charge in [0.1, 0.15) is 5.75 Å². The van der Waals surface area contributed by atoms with Crippen LogP contribution in [0.2, 0.25) is 0 Å². The van der Waals surface area contributed by atoms with E-state index in [9.17, 15) is 10.1 Å². The fourth-order valence-corrected chi connectivity index (χ4v) is 1.92. The molecule has 0 bridgehead atoms. The predicted octanol–water partition coefficient (Wildman–Crippen LogP) is 3.94. The Morgan fingerprint density at radius 1 is 1.00 bits per heavy atom. The SMILES string of the molecule is O=[N+]([O-])c1cc2ccccc2c(Oc2ccccc2)n1. The van der Waals surface area contributed by atoms with Gasteiger partial charge in [0.15, 0.2) is 0 Å². The van der Waals surface area contributed by atoms with Crippen LogP contribution in [0.1, 0.15) is 0 Å². The van der Waals surface area contributed by atoms with Crippen LogP contribution in [0.25, 0.3) is 10.8 Å². The summed E-state index contributed by atoms with van der Waals surface area (Å²) in [6.45, 7) is 0. The summed E-state index contributed by atoms with van der Waals surface area (Å²) in [5.41, 5.74) is 0. The number of aromatic nitrogens is 1. The minimum atomic E-state index is -0.524. The van der Waals surface area contributed by atoms with Crippen LogP contribution in [0.3, 0.4) is 0 Å². The number of ether oxygens (including phenoxy) is 1. The van der Waals surface area contributed by atoms with E-state index in [4.69, 9.17) is 4.74 Å². The zero-order chi connectivity index (χ0) is 13.9. The third-order valence-electron chi connectivity index (χ3n) is 2.84. The molecule has 0 spiro atoms. The van der Waals surface area contributed by atoms with Gasteiger partial charge in [-0.3, -0.25) is 0 Å². The average Bonchev–Trinajstić information content (AvgIpc) is 2.48. The first-order chi connectivity index (χ1) is 9.74. The van der Waals surface area contributed by atoms with Gasteiger partial charge in [-0.25, -0.2) is 0 Å². The predicted molar refractivity (Wildman–Crippen MR) is 74.9 cm³/mol. The molecule has 0 aliphatic carbocycles. The minimum Gasteiger partial charge on any atom is -0.420 e. The van der Waals surface area contributed by atoms with Crippen LogP contribution in [0, 0.1) is 10.1 Å². The van der Waals surface area contributed by atoms with Crippen LogP contribution in [0.15, 0.2) is 60.7 Å². The van der Waals surface area contributed by atoms with Crippen molar-refractivity contribution in [3.63, 3.8) is 0 Å². The van der Waals surface area contributed by atoms with Gasteiger partial charge in [0.25, 0.3) is 0 Å². The number of pyridine rings is 1. The monoisotopic (exact) mass is 266 g/mol. The highest BCUT2D eigenvalue weighted by Crippen LogP contribution is 2.30. The molecular formula is C15H10N2O3. The topological polar surface area (TPSA) is 65.3 Å². The number of para-hydroxylation sites is 1. The Hall–Kier alpha value is -2.95. The first-order valence-electron chi connectivity index (χ1n) is 6.01. The summed E-state index contributed by atoms with van der Waals surface area (Å²) in [5.74, 6) is 0.598. The van der Waals surface area contributed by atoms with Gasteiger partial charge in [0.05, 0.1) is 5.39 Å². The Bertz CT molecular complexity index is 772. The lowest BCUT2D eigenvalue weighted by molar-refractivity contribution is -0.389. The molecule has 0 saturated heterocycles. The van der Waals surface area contributed by atoms with E-state index in [2.05, 4.69) is 4.98 Å². The zero-order valence-corrected chi connectivity index (χ0v) is 10.4. The Balaban J connectivity index is 2.15. The number of hydrogen-bond acceptors (Lipinski definition) is 4. The van der Waals surface area contributed by atoms with Gasteiger partial charge < -0.3 is 14.9 Å². The average molecular weight is 266 g/mol. The van der Waals surface area contributed by atoms with Crippen molar-refractivity contribution in [1.29, 1.82) is 0 Å². The fraction of sp³-hybridized carbons (Fsp3) is 0. The molecule has 0 aliphatic heterocycles. The molecule has 0 saturated carbocycles. The molecule has 3 rings (SSSR count). The second-order valence-corrected chi connectivity index (χ2v) is 4.18. The number of nitrogens with zero attached hydrogens (tertiary/aromatic N) is 2. The summed E-state index contributed by atoms with van der Waals surface area (Å²) in [6, 6.07) is 17.8. The van der Waals surface area contributed by atoms with E-state index in [1.54, 1.807) is 18.2 Å². The fourth-order valence-electron chi connectivity index (χ4n) is 1.92. The number of rotatable bonds is 3. The number of nitro groups is 1. The van der Waals surface area contributed by atoms with E-state index in [-0.39, 0.29) is 11.7 Å². The third-order valence-corrected chi connectivity index (χ3v) is 2.84. The molecular weight excluding hydrogens is 256 g/mol. The lowest BCUT2D eigenvalue weighted by atomic mass is 10.1. The summed E-state index contributed by atoms with van der Waals surface area (Å²) in [7, 11) is 0. The molecule has 20 heavy (non-hydrogen) atoms. The summed E-state index contributed by atoms with van der Waals surface area (Å²) in [5, 5.41) is 12.4. The molecule has 1 heterocycles. The van der Waals surface area contributed by atoms with Crippen molar-refractivity contribution in [1.82, 2.24) is 4.98 Å². The first kappa shape index (κ1) is 12.1. The van der Waals surface area contributed by atoms with E-state index in [0.29, 0.717) is 5.75 Å². The van der Waals surface area contributed by atoms with Gasteiger partial charge in [-0.1, -0.05) is 36.4 Å². The molecule has 98 valence electrons. The standard InChI is InChI=1S/C15H10N2O3/c18-17(19)14-10-11-6-4-5-9-13(11)15(16-14)20-12-7-2-1-3-8-12/h1-10H. The van der Waals surface area contributed by atoms with Crippen LogP contribution < -0.4 is 4.74 Å². The highest BCUT2D eigenvalue weighted by molar-refractivity contribution is 5.88. The number of benzene rings is 2. The molecule has 0 radical (unpaired) electrons. The van der Waals surface area contributed by atoms with Crippen LogP contribution in [-0.2, 0) is 0 Å². The zero-order valence-electron chi connectivity index (χ0n) is 10.4. The highest BCUT2D eigenvalue weighted by Gasteiger charge is 2.17. The van der Waals surface area contributed by atoms with Crippen molar-refractivity contribution in [2.75, 3.05) is 0 Å².